The van der Waals surface area contributed by atoms with E-state index in [1.165, 1.54) is 0 Å². The van der Waals surface area contributed by atoms with E-state index in [2.05, 4.69) is 4.98 Å². The normalized spacial score (nSPS) is 23.4. The van der Waals surface area contributed by atoms with Crippen LogP contribution in [-0.4, -0.2) is 14.7 Å². The Morgan fingerprint density at radius 2 is 1.91 bits per heavy atom. The van der Waals surface area contributed by atoms with Gasteiger partial charge in [-0.2, -0.15) is 0 Å². The van der Waals surface area contributed by atoms with Gasteiger partial charge in [0.15, 0.2) is 11.8 Å². The number of phenolic OH excluding ortho intramolecular Hbond substituents is 1. The number of rotatable bonds is 3. The molecular weight excluding hydrogens is 300 g/mol. The molecule has 1 aliphatic rings. The summed E-state index contributed by atoms with van der Waals surface area (Å²) in [5, 5.41) is 10.2. The number of ether oxygens (including phenoxy) is 1. The number of imidazole rings is 1. The lowest BCUT2D eigenvalue weighted by atomic mass is 9.90. The van der Waals surface area contributed by atoms with Crippen LogP contribution in [0.3, 0.4) is 0 Å². The first-order chi connectivity index (χ1) is 10.7. The minimum absolute atomic E-state index is 0.209. The molecule has 0 amide bonds. The van der Waals surface area contributed by atoms with Crippen molar-refractivity contribution in [2.75, 3.05) is 0 Å². The van der Waals surface area contributed by atoms with Gasteiger partial charge in [0.25, 0.3) is 0 Å². The molecular formula is C17H13ClN2O2. The summed E-state index contributed by atoms with van der Waals surface area (Å²) in [6.45, 7) is 0. The number of epoxide rings is 1. The van der Waals surface area contributed by atoms with Gasteiger partial charge in [0.2, 0.25) is 0 Å². The molecule has 1 saturated heterocycles. The number of halogens is 1. The molecule has 0 aliphatic carbocycles. The van der Waals surface area contributed by atoms with Gasteiger partial charge in [-0.05, 0) is 23.8 Å². The van der Waals surface area contributed by atoms with Gasteiger partial charge < -0.3 is 14.4 Å². The molecule has 0 saturated carbocycles. The van der Waals surface area contributed by atoms with Crippen LogP contribution in [0.5, 0.6) is 5.75 Å². The lowest BCUT2D eigenvalue weighted by Crippen LogP contribution is -2.15. The van der Waals surface area contributed by atoms with E-state index in [0.29, 0.717) is 5.02 Å². The van der Waals surface area contributed by atoms with Crippen molar-refractivity contribution in [3.8, 4) is 5.75 Å². The second kappa shape index (κ2) is 4.87. The van der Waals surface area contributed by atoms with Crippen molar-refractivity contribution < 1.29 is 9.84 Å². The number of aromatic nitrogens is 2. The SMILES string of the molecule is Oc1ccc(C2(c3ccccc3Cl)OC2n2ccnc2)cc1. The second-order valence-electron chi connectivity index (χ2n) is 5.24. The molecule has 2 atom stereocenters. The molecule has 1 aromatic heterocycles. The zero-order valence-corrected chi connectivity index (χ0v) is 12.3. The van der Waals surface area contributed by atoms with Crippen LogP contribution < -0.4 is 0 Å². The average Bonchev–Trinajstić information content (AvgIpc) is 3.04. The number of benzene rings is 2. The second-order valence-corrected chi connectivity index (χ2v) is 5.65. The van der Waals surface area contributed by atoms with Gasteiger partial charge >= 0.3 is 0 Å². The van der Waals surface area contributed by atoms with Crippen molar-refractivity contribution in [2.45, 2.75) is 11.8 Å². The van der Waals surface area contributed by atoms with Gasteiger partial charge in [0.05, 0.1) is 6.33 Å². The van der Waals surface area contributed by atoms with Crippen molar-refractivity contribution in [1.29, 1.82) is 0 Å². The van der Waals surface area contributed by atoms with Crippen LogP contribution in [0.4, 0.5) is 0 Å². The summed E-state index contributed by atoms with van der Waals surface area (Å²) in [5.74, 6) is 0.220. The van der Waals surface area contributed by atoms with Crippen LogP contribution in [0.15, 0.2) is 67.3 Å². The Balaban J connectivity index is 1.87. The summed E-state index contributed by atoms with van der Waals surface area (Å²) >= 11 is 6.40. The zero-order chi connectivity index (χ0) is 15.2. The molecule has 2 aromatic carbocycles. The highest BCUT2D eigenvalue weighted by atomic mass is 35.5. The van der Waals surface area contributed by atoms with Gasteiger partial charge in [-0.1, -0.05) is 41.9 Å². The molecule has 0 spiro atoms. The molecule has 1 N–H and O–H groups in total. The topological polar surface area (TPSA) is 50.6 Å². The van der Waals surface area contributed by atoms with E-state index in [1.807, 2.05) is 47.2 Å². The largest absolute Gasteiger partial charge is 0.508 e. The predicted molar refractivity (Wildman–Crippen MR) is 82.7 cm³/mol. The molecule has 2 heterocycles. The van der Waals surface area contributed by atoms with Crippen LogP contribution in [0, 0.1) is 0 Å². The molecule has 22 heavy (non-hydrogen) atoms. The predicted octanol–water partition coefficient (Wildman–Crippen LogP) is 3.71. The molecule has 2 unspecified atom stereocenters. The molecule has 5 heteroatoms. The van der Waals surface area contributed by atoms with E-state index in [-0.39, 0.29) is 12.0 Å². The maximum Gasteiger partial charge on any atom is 0.174 e. The summed E-state index contributed by atoms with van der Waals surface area (Å²) in [5.41, 5.74) is 1.19. The standard InChI is InChI=1S/C17H13ClN2O2/c18-15-4-2-1-3-14(15)17(12-5-7-13(21)8-6-12)16(22-17)20-10-9-19-11-20/h1-11,16,21H. The maximum absolute atomic E-state index is 9.54. The van der Waals surface area contributed by atoms with E-state index in [9.17, 15) is 5.11 Å². The Bertz CT molecular complexity index is 802. The van der Waals surface area contributed by atoms with Gasteiger partial charge in [0.1, 0.15) is 5.75 Å². The highest BCUT2D eigenvalue weighted by Crippen LogP contribution is 2.59. The first-order valence-corrected chi connectivity index (χ1v) is 7.29. The Labute approximate surface area is 132 Å². The van der Waals surface area contributed by atoms with Gasteiger partial charge in [0, 0.05) is 23.0 Å². The maximum atomic E-state index is 9.54. The zero-order valence-electron chi connectivity index (χ0n) is 11.6. The van der Waals surface area contributed by atoms with Crippen molar-refractivity contribution in [2.24, 2.45) is 0 Å². The van der Waals surface area contributed by atoms with Crippen LogP contribution in [0.25, 0.3) is 0 Å². The van der Waals surface area contributed by atoms with Crippen molar-refractivity contribution in [1.82, 2.24) is 9.55 Å². The van der Waals surface area contributed by atoms with E-state index < -0.39 is 5.60 Å². The number of hydrogen-bond acceptors (Lipinski definition) is 3. The number of aromatic hydroxyl groups is 1. The monoisotopic (exact) mass is 312 g/mol. The number of hydrogen-bond donors (Lipinski definition) is 1. The fourth-order valence-corrected chi connectivity index (χ4v) is 3.13. The highest BCUT2D eigenvalue weighted by Gasteiger charge is 2.61. The first-order valence-electron chi connectivity index (χ1n) is 6.91. The van der Waals surface area contributed by atoms with E-state index in [0.717, 1.165) is 11.1 Å². The lowest BCUT2D eigenvalue weighted by Gasteiger charge is -2.16. The van der Waals surface area contributed by atoms with Crippen molar-refractivity contribution in [3.63, 3.8) is 0 Å². The summed E-state index contributed by atoms with van der Waals surface area (Å²) < 4.78 is 8.01. The third kappa shape index (κ3) is 1.92. The molecule has 1 aliphatic heterocycles. The molecule has 3 aromatic rings. The van der Waals surface area contributed by atoms with E-state index in [4.69, 9.17) is 16.3 Å². The van der Waals surface area contributed by atoms with Crippen LogP contribution in [0.2, 0.25) is 5.02 Å². The molecule has 0 radical (unpaired) electrons. The fraction of sp³-hybridized carbons (Fsp3) is 0.118. The smallest absolute Gasteiger partial charge is 0.174 e. The van der Waals surface area contributed by atoms with Gasteiger partial charge in [-0.15, -0.1) is 0 Å². The minimum Gasteiger partial charge on any atom is -0.508 e. The van der Waals surface area contributed by atoms with Gasteiger partial charge in [-0.25, -0.2) is 4.98 Å². The van der Waals surface area contributed by atoms with Crippen molar-refractivity contribution in [3.05, 3.63) is 83.4 Å². The first kappa shape index (κ1) is 13.4. The summed E-state index contributed by atoms with van der Waals surface area (Å²) in [4.78, 5) is 4.08. The van der Waals surface area contributed by atoms with E-state index >= 15 is 0 Å². The molecule has 4 rings (SSSR count). The highest BCUT2D eigenvalue weighted by molar-refractivity contribution is 6.31. The number of phenols is 1. The van der Waals surface area contributed by atoms with Crippen LogP contribution in [-0.2, 0) is 10.3 Å². The van der Waals surface area contributed by atoms with Crippen LogP contribution in [0.1, 0.15) is 17.4 Å². The third-order valence-corrected chi connectivity index (χ3v) is 4.28. The van der Waals surface area contributed by atoms with Crippen LogP contribution >= 0.6 is 11.6 Å². The third-order valence-electron chi connectivity index (χ3n) is 3.95. The Hall–Kier alpha value is -2.30. The van der Waals surface area contributed by atoms with Gasteiger partial charge in [-0.3, -0.25) is 0 Å². The van der Waals surface area contributed by atoms with Crippen molar-refractivity contribution >= 4 is 11.6 Å². The Kier molecular flexibility index (Phi) is 2.96. The molecule has 0 bridgehead atoms. The number of nitrogens with zero attached hydrogens (tertiary/aromatic N) is 2. The molecule has 110 valence electrons. The molecule has 4 nitrogen and oxygen atoms in total. The Morgan fingerprint density at radius 3 is 2.59 bits per heavy atom. The fourth-order valence-electron chi connectivity index (χ4n) is 2.86. The quantitative estimate of drug-likeness (QED) is 0.750. The lowest BCUT2D eigenvalue weighted by molar-refractivity contribution is 0.304. The minimum atomic E-state index is -0.660. The summed E-state index contributed by atoms with van der Waals surface area (Å²) in [7, 11) is 0. The summed E-state index contributed by atoms with van der Waals surface area (Å²) in [6.07, 6.45) is 5.10. The summed E-state index contributed by atoms with van der Waals surface area (Å²) in [6, 6.07) is 14.7. The Morgan fingerprint density at radius 1 is 1.14 bits per heavy atom. The van der Waals surface area contributed by atoms with E-state index in [1.54, 1.807) is 24.7 Å². The molecule has 1 fully saturated rings. The average molecular weight is 313 g/mol.